The van der Waals surface area contributed by atoms with Crippen molar-refractivity contribution >= 4 is 11.8 Å². The SMILES string of the molecule is CCCCCCCCCCCCCCCCC(=O)OCC(=O)CCCCCCCCCCC. The first kappa shape index (κ1) is 32.1. The van der Waals surface area contributed by atoms with Crippen LogP contribution in [0.25, 0.3) is 0 Å². The normalized spacial score (nSPS) is 11.1. The maximum absolute atomic E-state index is 11.9. The van der Waals surface area contributed by atoms with Crippen LogP contribution in [-0.2, 0) is 14.3 Å². The number of esters is 1. The van der Waals surface area contributed by atoms with Gasteiger partial charge in [-0.2, -0.15) is 0 Å². The summed E-state index contributed by atoms with van der Waals surface area (Å²) in [4.78, 5) is 23.7. The average molecular weight is 467 g/mol. The standard InChI is InChI=1S/C30H58O3/c1-3-5-7-9-11-13-14-15-16-17-19-21-23-25-27-30(32)33-28-29(31)26-24-22-20-18-12-10-8-6-4-2/h3-28H2,1-2H3. The highest BCUT2D eigenvalue weighted by Crippen LogP contribution is 2.14. The predicted molar refractivity (Wildman–Crippen MR) is 143 cm³/mol. The molecule has 0 N–H and O–H groups in total. The lowest BCUT2D eigenvalue weighted by atomic mass is 10.0. The zero-order valence-electron chi connectivity index (χ0n) is 22.6. The van der Waals surface area contributed by atoms with Gasteiger partial charge < -0.3 is 4.74 Å². The second kappa shape index (κ2) is 27.4. The molecule has 0 aromatic heterocycles. The molecular formula is C30H58O3. The van der Waals surface area contributed by atoms with Gasteiger partial charge in [-0.3, -0.25) is 9.59 Å². The number of rotatable bonds is 27. The third-order valence-electron chi connectivity index (χ3n) is 6.69. The van der Waals surface area contributed by atoms with Crippen LogP contribution in [0.5, 0.6) is 0 Å². The van der Waals surface area contributed by atoms with Gasteiger partial charge in [-0.1, -0.05) is 149 Å². The van der Waals surface area contributed by atoms with E-state index in [4.69, 9.17) is 4.74 Å². The molecule has 0 radical (unpaired) electrons. The van der Waals surface area contributed by atoms with Crippen molar-refractivity contribution in [3.05, 3.63) is 0 Å². The van der Waals surface area contributed by atoms with Crippen molar-refractivity contribution < 1.29 is 14.3 Å². The number of hydrogen-bond acceptors (Lipinski definition) is 3. The molecule has 0 aromatic rings. The summed E-state index contributed by atoms with van der Waals surface area (Å²) in [7, 11) is 0. The first-order valence-corrected chi connectivity index (χ1v) is 14.9. The number of carbonyl (C=O) groups excluding carboxylic acids is 2. The summed E-state index contributed by atoms with van der Waals surface area (Å²) in [6.45, 7) is 4.50. The number of unbranched alkanes of at least 4 members (excludes halogenated alkanes) is 21. The minimum absolute atomic E-state index is 0.0194. The van der Waals surface area contributed by atoms with Crippen LogP contribution in [0.4, 0.5) is 0 Å². The van der Waals surface area contributed by atoms with Crippen molar-refractivity contribution in [2.24, 2.45) is 0 Å². The average Bonchev–Trinajstić information content (AvgIpc) is 2.82. The fraction of sp³-hybridized carbons (Fsp3) is 0.933. The smallest absolute Gasteiger partial charge is 0.306 e. The Kier molecular flexibility index (Phi) is 26.7. The fourth-order valence-electron chi connectivity index (χ4n) is 4.40. The van der Waals surface area contributed by atoms with Crippen LogP contribution >= 0.6 is 0 Å². The molecule has 0 rings (SSSR count). The van der Waals surface area contributed by atoms with Gasteiger partial charge in [-0.05, 0) is 12.8 Å². The zero-order valence-corrected chi connectivity index (χ0v) is 22.6. The van der Waals surface area contributed by atoms with E-state index in [9.17, 15) is 9.59 Å². The Morgan fingerprint density at radius 1 is 0.424 bits per heavy atom. The van der Waals surface area contributed by atoms with Crippen LogP contribution in [0.1, 0.15) is 174 Å². The van der Waals surface area contributed by atoms with E-state index >= 15 is 0 Å². The molecule has 33 heavy (non-hydrogen) atoms. The Hall–Kier alpha value is -0.860. The van der Waals surface area contributed by atoms with Crippen LogP contribution in [0.3, 0.4) is 0 Å². The van der Waals surface area contributed by atoms with Crippen LogP contribution in [-0.4, -0.2) is 18.4 Å². The lowest BCUT2D eigenvalue weighted by molar-refractivity contribution is -0.148. The molecule has 0 unspecified atom stereocenters. The summed E-state index contributed by atoms with van der Waals surface area (Å²) in [5, 5.41) is 0. The predicted octanol–water partition coefficient (Wildman–Crippen LogP) is 9.89. The van der Waals surface area contributed by atoms with E-state index in [-0.39, 0.29) is 18.4 Å². The van der Waals surface area contributed by atoms with Crippen LogP contribution in [0, 0.1) is 0 Å². The highest BCUT2D eigenvalue weighted by Gasteiger charge is 2.07. The van der Waals surface area contributed by atoms with Gasteiger partial charge in [0, 0.05) is 12.8 Å². The Morgan fingerprint density at radius 2 is 0.727 bits per heavy atom. The summed E-state index contributed by atoms with van der Waals surface area (Å²) in [6, 6.07) is 0. The largest absolute Gasteiger partial charge is 0.458 e. The van der Waals surface area contributed by atoms with Crippen molar-refractivity contribution in [3.63, 3.8) is 0 Å². The van der Waals surface area contributed by atoms with Crippen molar-refractivity contribution in [3.8, 4) is 0 Å². The van der Waals surface area contributed by atoms with E-state index in [1.807, 2.05) is 0 Å². The van der Waals surface area contributed by atoms with E-state index in [1.54, 1.807) is 0 Å². The third kappa shape index (κ3) is 27.3. The summed E-state index contributed by atoms with van der Waals surface area (Å²) < 4.78 is 5.16. The number of hydrogen-bond donors (Lipinski definition) is 0. The molecular weight excluding hydrogens is 408 g/mol. The monoisotopic (exact) mass is 466 g/mol. The molecule has 0 atom stereocenters. The summed E-state index contributed by atoms with van der Waals surface area (Å²) in [6.07, 6.45) is 30.6. The van der Waals surface area contributed by atoms with Crippen molar-refractivity contribution in [1.82, 2.24) is 0 Å². The highest BCUT2D eigenvalue weighted by molar-refractivity contribution is 5.82. The molecule has 3 heteroatoms. The Labute approximate surface area is 207 Å². The molecule has 0 saturated heterocycles. The van der Waals surface area contributed by atoms with E-state index in [0.29, 0.717) is 12.8 Å². The third-order valence-corrected chi connectivity index (χ3v) is 6.69. The van der Waals surface area contributed by atoms with Gasteiger partial charge in [-0.15, -0.1) is 0 Å². The molecule has 0 saturated carbocycles. The van der Waals surface area contributed by atoms with Crippen molar-refractivity contribution in [2.45, 2.75) is 174 Å². The molecule has 196 valence electrons. The van der Waals surface area contributed by atoms with E-state index in [1.165, 1.54) is 122 Å². The molecule has 0 amide bonds. The van der Waals surface area contributed by atoms with E-state index < -0.39 is 0 Å². The second-order valence-corrected chi connectivity index (χ2v) is 10.1. The zero-order chi connectivity index (χ0) is 24.2. The van der Waals surface area contributed by atoms with Crippen LogP contribution in [0.15, 0.2) is 0 Å². The summed E-state index contributed by atoms with van der Waals surface area (Å²) in [5.74, 6) is -0.123. The Balaban J connectivity index is 3.28. The number of carbonyl (C=O) groups is 2. The number of ether oxygens (including phenoxy) is 1. The fourth-order valence-corrected chi connectivity index (χ4v) is 4.40. The van der Waals surface area contributed by atoms with E-state index in [2.05, 4.69) is 13.8 Å². The molecule has 0 bridgehead atoms. The molecule has 0 aliphatic rings. The molecule has 0 aliphatic carbocycles. The minimum atomic E-state index is -0.200. The van der Waals surface area contributed by atoms with Crippen LogP contribution < -0.4 is 0 Å². The maximum atomic E-state index is 11.9. The van der Waals surface area contributed by atoms with Crippen molar-refractivity contribution in [1.29, 1.82) is 0 Å². The summed E-state index contributed by atoms with van der Waals surface area (Å²) in [5.41, 5.74) is 0. The first-order valence-electron chi connectivity index (χ1n) is 14.9. The first-order chi connectivity index (χ1) is 16.2. The lowest BCUT2D eigenvalue weighted by Gasteiger charge is -2.05. The molecule has 0 aliphatic heterocycles. The van der Waals surface area contributed by atoms with Gasteiger partial charge in [0.15, 0.2) is 5.78 Å². The Bertz CT molecular complexity index is 419. The van der Waals surface area contributed by atoms with Gasteiger partial charge >= 0.3 is 5.97 Å². The quantitative estimate of drug-likeness (QED) is 0.0893. The number of Topliss-reactive ketones (excluding diaryl/α,β-unsaturated/α-hetero) is 1. The number of ketones is 1. The topological polar surface area (TPSA) is 43.4 Å². The molecule has 0 fully saturated rings. The second-order valence-electron chi connectivity index (χ2n) is 10.1. The maximum Gasteiger partial charge on any atom is 0.306 e. The lowest BCUT2D eigenvalue weighted by Crippen LogP contribution is -2.13. The molecule has 0 aromatic carbocycles. The van der Waals surface area contributed by atoms with Gasteiger partial charge in [0.25, 0.3) is 0 Å². The highest BCUT2D eigenvalue weighted by atomic mass is 16.5. The van der Waals surface area contributed by atoms with E-state index in [0.717, 1.165) is 25.7 Å². The molecule has 3 nitrogen and oxygen atoms in total. The van der Waals surface area contributed by atoms with Gasteiger partial charge in [-0.25, -0.2) is 0 Å². The van der Waals surface area contributed by atoms with Gasteiger partial charge in [0.2, 0.25) is 0 Å². The minimum Gasteiger partial charge on any atom is -0.458 e. The van der Waals surface area contributed by atoms with Gasteiger partial charge in [0.1, 0.15) is 6.61 Å². The Morgan fingerprint density at radius 3 is 1.09 bits per heavy atom. The van der Waals surface area contributed by atoms with Crippen LogP contribution in [0.2, 0.25) is 0 Å². The summed E-state index contributed by atoms with van der Waals surface area (Å²) >= 11 is 0. The van der Waals surface area contributed by atoms with Gasteiger partial charge in [0.05, 0.1) is 0 Å². The molecule has 0 heterocycles. The van der Waals surface area contributed by atoms with Crippen molar-refractivity contribution in [2.75, 3.05) is 6.61 Å². The molecule has 0 spiro atoms.